The highest BCUT2D eigenvalue weighted by Gasteiger charge is 2.20. The average molecular weight is 367 g/mol. The first-order valence-electron chi connectivity index (χ1n) is 8.51. The van der Waals surface area contributed by atoms with Crippen molar-refractivity contribution in [3.8, 4) is 5.69 Å². The zero-order valence-corrected chi connectivity index (χ0v) is 15.2. The van der Waals surface area contributed by atoms with Crippen LogP contribution in [0.3, 0.4) is 0 Å². The molecule has 7 nitrogen and oxygen atoms in total. The number of aromatic nitrogens is 5. The standard InChI is InChI=1S/C19H18FN5O2/c1-4-5-10-23-17(26)15-16(22(3)19(23)27)21-18-24(15)11-12(2)25(18)14-8-6-13(20)7-9-14/h4-9,11H,10H2,1-3H3. The number of rotatable bonds is 3. The Kier molecular flexibility index (Phi) is 3.83. The maximum Gasteiger partial charge on any atom is 0.332 e. The summed E-state index contributed by atoms with van der Waals surface area (Å²) in [4.78, 5) is 30.1. The number of aryl methyl sites for hydroxylation is 2. The Bertz CT molecular complexity index is 1320. The van der Waals surface area contributed by atoms with Gasteiger partial charge in [0.1, 0.15) is 5.82 Å². The van der Waals surface area contributed by atoms with E-state index >= 15 is 0 Å². The number of nitrogens with zero attached hydrogens (tertiary/aromatic N) is 5. The van der Waals surface area contributed by atoms with E-state index in [4.69, 9.17) is 0 Å². The van der Waals surface area contributed by atoms with E-state index in [2.05, 4.69) is 4.98 Å². The lowest BCUT2D eigenvalue weighted by atomic mass is 10.3. The van der Waals surface area contributed by atoms with Gasteiger partial charge in [0.2, 0.25) is 5.78 Å². The molecule has 0 bridgehead atoms. The van der Waals surface area contributed by atoms with Crippen LogP contribution < -0.4 is 11.2 Å². The molecule has 0 aliphatic heterocycles. The number of benzene rings is 1. The van der Waals surface area contributed by atoms with Crippen molar-refractivity contribution in [1.82, 2.24) is 23.1 Å². The van der Waals surface area contributed by atoms with Crippen LogP contribution in [0, 0.1) is 12.7 Å². The first kappa shape index (κ1) is 17.0. The molecule has 0 aliphatic rings. The summed E-state index contributed by atoms with van der Waals surface area (Å²) in [5.41, 5.74) is 1.39. The van der Waals surface area contributed by atoms with E-state index in [9.17, 15) is 14.0 Å². The lowest BCUT2D eigenvalue weighted by molar-refractivity contribution is 0.627. The molecule has 0 radical (unpaired) electrons. The first-order chi connectivity index (χ1) is 12.9. The second-order valence-electron chi connectivity index (χ2n) is 6.36. The summed E-state index contributed by atoms with van der Waals surface area (Å²) in [5.74, 6) is 0.160. The van der Waals surface area contributed by atoms with E-state index in [1.807, 2.05) is 18.4 Å². The number of allylic oxidation sites excluding steroid dienone is 2. The van der Waals surface area contributed by atoms with Crippen molar-refractivity contribution in [2.45, 2.75) is 20.4 Å². The SMILES string of the molecule is CC=CCn1c(=O)c2c(nc3n(-c4ccc(F)cc4)c(C)cn23)n(C)c1=O. The largest absolute Gasteiger partial charge is 0.332 e. The van der Waals surface area contributed by atoms with Crippen molar-refractivity contribution < 1.29 is 4.39 Å². The number of imidazole rings is 2. The zero-order chi connectivity index (χ0) is 19.3. The second kappa shape index (κ2) is 6.08. The van der Waals surface area contributed by atoms with Crippen LogP contribution in [0.5, 0.6) is 0 Å². The molecular weight excluding hydrogens is 349 g/mol. The van der Waals surface area contributed by atoms with Crippen LogP contribution >= 0.6 is 0 Å². The summed E-state index contributed by atoms with van der Waals surface area (Å²) in [6, 6.07) is 6.03. The molecule has 0 atom stereocenters. The third-order valence-corrected chi connectivity index (χ3v) is 4.63. The van der Waals surface area contributed by atoms with Crippen LogP contribution in [0.1, 0.15) is 12.6 Å². The van der Waals surface area contributed by atoms with Crippen LogP contribution in [-0.4, -0.2) is 23.1 Å². The van der Waals surface area contributed by atoms with Gasteiger partial charge in [-0.25, -0.2) is 9.18 Å². The molecule has 1 aromatic carbocycles. The van der Waals surface area contributed by atoms with Crippen molar-refractivity contribution in [2.24, 2.45) is 7.05 Å². The van der Waals surface area contributed by atoms with E-state index in [0.717, 1.165) is 11.4 Å². The molecule has 0 unspecified atom stereocenters. The van der Waals surface area contributed by atoms with Crippen LogP contribution in [0.15, 0.2) is 52.2 Å². The minimum Gasteiger partial charge on any atom is -0.283 e. The smallest absolute Gasteiger partial charge is 0.283 e. The van der Waals surface area contributed by atoms with Gasteiger partial charge in [-0.15, -0.1) is 0 Å². The van der Waals surface area contributed by atoms with Gasteiger partial charge in [0.25, 0.3) is 5.56 Å². The Hall–Kier alpha value is -3.42. The Morgan fingerprint density at radius 1 is 1.19 bits per heavy atom. The lowest BCUT2D eigenvalue weighted by Crippen LogP contribution is -2.39. The second-order valence-corrected chi connectivity index (χ2v) is 6.36. The van der Waals surface area contributed by atoms with Crippen molar-refractivity contribution in [2.75, 3.05) is 0 Å². The summed E-state index contributed by atoms with van der Waals surface area (Å²) in [6.07, 6.45) is 5.33. The number of hydrogen-bond acceptors (Lipinski definition) is 3. The molecule has 3 aromatic heterocycles. The van der Waals surface area contributed by atoms with Crippen LogP contribution in [-0.2, 0) is 13.6 Å². The number of halogens is 1. The molecule has 4 rings (SSSR count). The quantitative estimate of drug-likeness (QED) is 0.521. The molecule has 0 spiro atoms. The summed E-state index contributed by atoms with van der Waals surface area (Å²) in [7, 11) is 1.60. The highest BCUT2D eigenvalue weighted by atomic mass is 19.1. The normalized spacial score (nSPS) is 12.0. The molecule has 138 valence electrons. The molecular formula is C19H18FN5O2. The molecule has 0 amide bonds. The molecule has 0 saturated carbocycles. The minimum atomic E-state index is -0.420. The van der Waals surface area contributed by atoms with Gasteiger partial charge in [-0.2, -0.15) is 4.98 Å². The Morgan fingerprint density at radius 3 is 2.56 bits per heavy atom. The number of fused-ring (bicyclic) bond motifs is 3. The van der Waals surface area contributed by atoms with Crippen molar-refractivity contribution in [3.05, 3.63) is 75.0 Å². The molecule has 0 saturated heterocycles. The van der Waals surface area contributed by atoms with Gasteiger partial charge in [0, 0.05) is 31.2 Å². The molecule has 3 heterocycles. The maximum atomic E-state index is 13.3. The van der Waals surface area contributed by atoms with Gasteiger partial charge in [-0.05, 0) is 38.1 Å². The molecule has 4 aromatic rings. The van der Waals surface area contributed by atoms with E-state index in [1.54, 1.807) is 41.9 Å². The fraction of sp³-hybridized carbons (Fsp3) is 0.211. The summed E-state index contributed by atoms with van der Waals surface area (Å²) in [6.45, 7) is 3.91. The van der Waals surface area contributed by atoms with E-state index in [1.165, 1.54) is 21.3 Å². The Balaban J connectivity index is 2.10. The zero-order valence-electron chi connectivity index (χ0n) is 15.2. The molecule has 0 fully saturated rings. The van der Waals surface area contributed by atoms with Crippen LogP contribution in [0.4, 0.5) is 4.39 Å². The Labute approximate surface area is 153 Å². The van der Waals surface area contributed by atoms with Gasteiger partial charge < -0.3 is 0 Å². The van der Waals surface area contributed by atoms with Crippen molar-refractivity contribution >= 4 is 16.9 Å². The summed E-state index contributed by atoms with van der Waals surface area (Å²) < 4.78 is 19.3. The molecule has 0 N–H and O–H groups in total. The van der Waals surface area contributed by atoms with Gasteiger partial charge in [-0.1, -0.05) is 12.2 Å². The predicted octanol–water partition coefficient (Wildman–Crippen LogP) is 2.16. The average Bonchev–Trinajstić information content (AvgIpc) is 3.15. The van der Waals surface area contributed by atoms with Crippen LogP contribution in [0.25, 0.3) is 22.6 Å². The van der Waals surface area contributed by atoms with Crippen molar-refractivity contribution in [1.29, 1.82) is 0 Å². The van der Waals surface area contributed by atoms with Crippen LogP contribution in [0.2, 0.25) is 0 Å². The topological polar surface area (TPSA) is 66.2 Å². The Morgan fingerprint density at radius 2 is 1.89 bits per heavy atom. The highest BCUT2D eigenvalue weighted by Crippen LogP contribution is 2.21. The third-order valence-electron chi connectivity index (χ3n) is 4.63. The van der Waals surface area contributed by atoms with Gasteiger partial charge in [0.05, 0.1) is 0 Å². The lowest BCUT2D eigenvalue weighted by Gasteiger charge is -2.06. The van der Waals surface area contributed by atoms with E-state index in [-0.39, 0.29) is 12.4 Å². The van der Waals surface area contributed by atoms with Gasteiger partial charge >= 0.3 is 5.69 Å². The third kappa shape index (κ3) is 2.44. The van der Waals surface area contributed by atoms with E-state index in [0.29, 0.717) is 16.9 Å². The highest BCUT2D eigenvalue weighted by molar-refractivity contribution is 5.76. The maximum absolute atomic E-state index is 13.3. The minimum absolute atomic E-state index is 0.197. The fourth-order valence-corrected chi connectivity index (χ4v) is 3.29. The molecule has 27 heavy (non-hydrogen) atoms. The van der Waals surface area contributed by atoms with Crippen molar-refractivity contribution in [3.63, 3.8) is 0 Å². The predicted molar refractivity (Wildman–Crippen MR) is 101 cm³/mol. The van der Waals surface area contributed by atoms with Gasteiger partial charge in [-0.3, -0.25) is 22.9 Å². The van der Waals surface area contributed by atoms with Gasteiger partial charge in [0.15, 0.2) is 11.2 Å². The summed E-state index contributed by atoms with van der Waals surface area (Å²) in [5, 5.41) is 0. The van der Waals surface area contributed by atoms with E-state index < -0.39 is 11.2 Å². The monoisotopic (exact) mass is 367 g/mol. The first-order valence-corrected chi connectivity index (χ1v) is 8.51. The molecule has 0 aliphatic carbocycles. The molecule has 8 heteroatoms. The fourth-order valence-electron chi connectivity index (χ4n) is 3.29. The number of hydrogen-bond donors (Lipinski definition) is 0. The summed E-state index contributed by atoms with van der Waals surface area (Å²) >= 11 is 0.